The highest BCUT2D eigenvalue weighted by Gasteiger charge is 2.16. The van der Waals surface area contributed by atoms with Crippen LogP contribution in [0.3, 0.4) is 0 Å². The molecule has 18 heavy (non-hydrogen) atoms. The molecule has 0 bridgehead atoms. The first-order chi connectivity index (χ1) is 8.63. The van der Waals surface area contributed by atoms with Crippen LogP contribution in [0, 0.1) is 17.8 Å². The summed E-state index contributed by atoms with van der Waals surface area (Å²) in [7, 11) is 0. The molecule has 0 radical (unpaired) electrons. The van der Waals surface area contributed by atoms with Crippen molar-refractivity contribution in [3.63, 3.8) is 0 Å². The van der Waals surface area contributed by atoms with Crippen molar-refractivity contribution in [2.75, 3.05) is 13.1 Å². The van der Waals surface area contributed by atoms with E-state index in [-0.39, 0.29) is 0 Å². The zero-order chi connectivity index (χ0) is 13.4. The fraction of sp³-hybridized carbons (Fsp3) is 0.647. The Morgan fingerprint density at radius 2 is 1.67 bits per heavy atom. The van der Waals surface area contributed by atoms with E-state index in [1.165, 1.54) is 18.4 Å². The van der Waals surface area contributed by atoms with Gasteiger partial charge in [0, 0.05) is 0 Å². The maximum atomic E-state index is 3.62. The summed E-state index contributed by atoms with van der Waals surface area (Å²) in [6.07, 6.45) is 2.46. The summed E-state index contributed by atoms with van der Waals surface area (Å²) in [6.45, 7) is 11.5. The van der Waals surface area contributed by atoms with Crippen LogP contribution >= 0.6 is 0 Å². The molecule has 0 spiro atoms. The Hall–Kier alpha value is -0.820. The molecule has 0 saturated heterocycles. The van der Waals surface area contributed by atoms with E-state index in [4.69, 9.17) is 0 Å². The molecule has 1 nitrogen and oxygen atoms in total. The summed E-state index contributed by atoms with van der Waals surface area (Å²) >= 11 is 0. The summed E-state index contributed by atoms with van der Waals surface area (Å²) in [5.74, 6) is 2.26. The standard InChI is InChI=1S/C17H29N/c1-5-15(4)17(13-18-12-14(2)3)11-16-9-7-6-8-10-16/h6-10,14-15,17-18H,5,11-13H2,1-4H3. The van der Waals surface area contributed by atoms with Crippen molar-refractivity contribution in [3.05, 3.63) is 35.9 Å². The normalized spacial score (nSPS) is 14.7. The van der Waals surface area contributed by atoms with Gasteiger partial charge in [0.15, 0.2) is 0 Å². The Bertz CT molecular complexity index is 305. The predicted molar refractivity (Wildman–Crippen MR) is 80.8 cm³/mol. The highest BCUT2D eigenvalue weighted by atomic mass is 14.9. The van der Waals surface area contributed by atoms with E-state index >= 15 is 0 Å². The maximum absolute atomic E-state index is 3.62. The third-order valence-electron chi connectivity index (χ3n) is 3.75. The van der Waals surface area contributed by atoms with Crippen LogP contribution in [-0.2, 0) is 6.42 Å². The molecule has 1 N–H and O–H groups in total. The molecule has 0 aliphatic carbocycles. The van der Waals surface area contributed by atoms with Crippen molar-refractivity contribution < 1.29 is 0 Å². The zero-order valence-electron chi connectivity index (χ0n) is 12.4. The molecule has 2 atom stereocenters. The molecule has 0 fully saturated rings. The van der Waals surface area contributed by atoms with Gasteiger partial charge >= 0.3 is 0 Å². The largest absolute Gasteiger partial charge is 0.316 e. The van der Waals surface area contributed by atoms with Gasteiger partial charge in [0.2, 0.25) is 0 Å². The first-order valence-corrected chi connectivity index (χ1v) is 7.38. The first kappa shape index (κ1) is 15.2. The van der Waals surface area contributed by atoms with Crippen molar-refractivity contribution >= 4 is 0 Å². The number of hydrogen-bond acceptors (Lipinski definition) is 1. The van der Waals surface area contributed by atoms with Crippen LogP contribution in [0.25, 0.3) is 0 Å². The van der Waals surface area contributed by atoms with Gasteiger partial charge < -0.3 is 5.32 Å². The zero-order valence-corrected chi connectivity index (χ0v) is 12.4. The SMILES string of the molecule is CCC(C)C(CNCC(C)C)Cc1ccccc1. The lowest BCUT2D eigenvalue weighted by atomic mass is 9.86. The monoisotopic (exact) mass is 247 g/mol. The molecular formula is C17H29N. The van der Waals surface area contributed by atoms with E-state index in [1.54, 1.807) is 0 Å². The van der Waals surface area contributed by atoms with Gasteiger partial charge in [-0.1, -0.05) is 64.4 Å². The second-order valence-electron chi connectivity index (χ2n) is 5.89. The van der Waals surface area contributed by atoms with E-state index in [0.717, 1.165) is 30.8 Å². The van der Waals surface area contributed by atoms with Crippen molar-refractivity contribution in [3.8, 4) is 0 Å². The molecule has 0 aliphatic heterocycles. The molecule has 0 aliphatic rings. The molecular weight excluding hydrogens is 218 g/mol. The van der Waals surface area contributed by atoms with Gasteiger partial charge in [0.05, 0.1) is 0 Å². The topological polar surface area (TPSA) is 12.0 Å². The Kier molecular flexibility index (Phi) is 7.04. The lowest BCUT2D eigenvalue weighted by Crippen LogP contribution is -2.31. The van der Waals surface area contributed by atoms with Crippen LogP contribution in [-0.4, -0.2) is 13.1 Å². The van der Waals surface area contributed by atoms with Crippen LogP contribution < -0.4 is 5.32 Å². The van der Waals surface area contributed by atoms with Crippen LogP contribution in [0.2, 0.25) is 0 Å². The Balaban J connectivity index is 2.50. The van der Waals surface area contributed by atoms with E-state index in [0.29, 0.717) is 0 Å². The smallest absolute Gasteiger partial charge is 0.00147 e. The van der Waals surface area contributed by atoms with Crippen LogP contribution in [0.15, 0.2) is 30.3 Å². The lowest BCUT2D eigenvalue weighted by Gasteiger charge is -2.24. The average Bonchev–Trinajstić information content (AvgIpc) is 2.37. The fourth-order valence-electron chi connectivity index (χ4n) is 2.28. The molecule has 0 saturated carbocycles. The minimum atomic E-state index is 0.735. The summed E-state index contributed by atoms with van der Waals surface area (Å²) in [5, 5.41) is 3.62. The van der Waals surface area contributed by atoms with E-state index in [9.17, 15) is 0 Å². The van der Waals surface area contributed by atoms with E-state index < -0.39 is 0 Å². The molecule has 0 amide bonds. The third-order valence-corrected chi connectivity index (χ3v) is 3.75. The minimum Gasteiger partial charge on any atom is -0.316 e. The van der Waals surface area contributed by atoms with Gasteiger partial charge in [-0.05, 0) is 42.8 Å². The molecule has 0 heterocycles. The van der Waals surface area contributed by atoms with Crippen LogP contribution in [0.4, 0.5) is 0 Å². The predicted octanol–water partition coefficient (Wildman–Crippen LogP) is 4.14. The van der Waals surface area contributed by atoms with Crippen LogP contribution in [0.1, 0.15) is 39.7 Å². The molecule has 1 aromatic carbocycles. The maximum Gasteiger partial charge on any atom is -0.00147 e. The molecule has 2 unspecified atom stereocenters. The molecule has 102 valence electrons. The third kappa shape index (κ3) is 5.68. The number of benzene rings is 1. The van der Waals surface area contributed by atoms with Gasteiger partial charge in [0.25, 0.3) is 0 Å². The fourth-order valence-corrected chi connectivity index (χ4v) is 2.28. The molecule has 1 heteroatoms. The van der Waals surface area contributed by atoms with E-state index in [2.05, 4.69) is 63.3 Å². The number of hydrogen-bond donors (Lipinski definition) is 1. The second kappa shape index (κ2) is 8.31. The Labute approximate surface area is 113 Å². The minimum absolute atomic E-state index is 0.735. The van der Waals surface area contributed by atoms with Gasteiger partial charge in [0.1, 0.15) is 0 Å². The Morgan fingerprint density at radius 3 is 2.22 bits per heavy atom. The first-order valence-electron chi connectivity index (χ1n) is 7.38. The van der Waals surface area contributed by atoms with Crippen LogP contribution in [0.5, 0.6) is 0 Å². The van der Waals surface area contributed by atoms with Crippen molar-refractivity contribution in [2.24, 2.45) is 17.8 Å². The molecule has 1 aromatic rings. The summed E-state index contributed by atoms with van der Waals surface area (Å²) in [5.41, 5.74) is 1.47. The quantitative estimate of drug-likeness (QED) is 0.728. The van der Waals surface area contributed by atoms with Gasteiger partial charge in [-0.25, -0.2) is 0 Å². The highest BCUT2D eigenvalue weighted by Crippen LogP contribution is 2.19. The van der Waals surface area contributed by atoms with Crippen molar-refractivity contribution in [2.45, 2.75) is 40.5 Å². The highest BCUT2D eigenvalue weighted by molar-refractivity contribution is 5.15. The second-order valence-corrected chi connectivity index (χ2v) is 5.89. The summed E-state index contributed by atoms with van der Waals surface area (Å²) in [6, 6.07) is 10.9. The summed E-state index contributed by atoms with van der Waals surface area (Å²) in [4.78, 5) is 0. The lowest BCUT2D eigenvalue weighted by molar-refractivity contribution is 0.324. The van der Waals surface area contributed by atoms with Crippen molar-refractivity contribution in [1.82, 2.24) is 5.32 Å². The molecule has 1 rings (SSSR count). The molecule has 0 aromatic heterocycles. The van der Waals surface area contributed by atoms with Gasteiger partial charge in [-0.3, -0.25) is 0 Å². The van der Waals surface area contributed by atoms with Gasteiger partial charge in [-0.15, -0.1) is 0 Å². The number of nitrogens with one attached hydrogen (secondary N) is 1. The average molecular weight is 247 g/mol. The van der Waals surface area contributed by atoms with Crippen molar-refractivity contribution in [1.29, 1.82) is 0 Å². The number of rotatable bonds is 8. The van der Waals surface area contributed by atoms with Gasteiger partial charge in [-0.2, -0.15) is 0 Å². The Morgan fingerprint density at radius 1 is 1.00 bits per heavy atom. The van der Waals surface area contributed by atoms with E-state index in [1.807, 2.05) is 0 Å². The summed E-state index contributed by atoms with van der Waals surface area (Å²) < 4.78 is 0.